The zero-order chi connectivity index (χ0) is 12.1. The lowest BCUT2D eigenvalue weighted by Gasteiger charge is -2.20. The highest BCUT2D eigenvalue weighted by Crippen LogP contribution is 2.09. The van der Waals surface area contributed by atoms with Crippen LogP contribution in [0.15, 0.2) is 21.9 Å². The SMILES string of the molecule is CC[C@@H](CO)OC(C)n1ccc(=O)[nH]c1=O. The molecule has 1 rings (SSSR count). The third-order valence-corrected chi connectivity index (χ3v) is 2.29. The van der Waals surface area contributed by atoms with Crippen LogP contribution in [-0.4, -0.2) is 27.4 Å². The molecule has 16 heavy (non-hydrogen) atoms. The van der Waals surface area contributed by atoms with Crippen LogP contribution in [0.25, 0.3) is 0 Å². The van der Waals surface area contributed by atoms with Gasteiger partial charge in [0.2, 0.25) is 0 Å². The molecule has 0 saturated heterocycles. The molecule has 0 amide bonds. The molecule has 0 aromatic carbocycles. The predicted molar refractivity (Wildman–Crippen MR) is 58.3 cm³/mol. The zero-order valence-electron chi connectivity index (χ0n) is 9.34. The standard InChI is InChI=1S/C10H16N2O4/c1-3-8(6-13)16-7(2)12-5-4-9(14)11-10(12)15/h4-5,7-8,13H,3,6H2,1-2H3,(H,11,14,15)/t7?,8-/m0/s1. The fourth-order valence-corrected chi connectivity index (χ4v) is 1.33. The van der Waals surface area contributed by atoms with Crippen LogP contribution in [0, 0.1) is 0 Å². The molecule has 0 spiro atoms. The van der Waals surface area contributed by atoms with Gasteiger partial charge in [0, 0.05) is 12.3 Å². The Labute approximate surface area is 92.5 Å². The Hall–Kier alpha value is -1.40. The normalized spacial score (nSPS) is 14.7. The van der Waals surface area contributed by atoms with Gasteiger partial charge in [0.15, 0.2) is 0 Å². The number of hydrogen-bond donors (Lipinski definition) is 2. The summed E-state index contributed by atoms with van der Waals surface area (Å²) in [5.41, 5.74) is -0.963. The van der Waals surface area contributed by atoms with E-state index in [0.29, 0.717) is 6.42 Å². The van der Waals surface area contributed by atoms with Crippen molar-refractivity contribution in [3.8, 4) is 0 Å². The van der Waals surface area contributed by atoms with Crippen molar-refractivity contribution in [2.45, 2.75) is 32.6 Å². The first-order valence-electron chi connectivity index (χ1n) is 5.16. The van der Waals surface area contributed by atoms with E-state index in [1.165, 1.54) is 16.8 Å². The third kappa shape index (κ3) is 3.04. The van der Waals surface area contributed by atoms with E-state index in [4.69, 9.17) is 9.84 Å². The van der Waals surface area contributed by atoms with Gasteiger partial charge < -0.3 is 9.84 Å². The Morgan fingerprint density at radius 3 is 2.75 bits per heavy atom. The average molecular weight is 228 g/mol. The maximum absolute atomic E-state index is 11.4. The number of rotatable bonds is 5. The summed E-state index contributed by atoms with van der Waals surface area (Å²) in [6, 6.07) is 1.25. The monoisotopic (exact) mass is 228 g/mol. The van der Waals surface area contributed by atoms with Crippen LogP contribution in [-0.2, 0) is 4.74 Å². The van der Waals surface area contributed by atoms with Gasteiger partial charge in [-0.25, -0.2) is 4.79 Å². The van der Waals surface area contributed by atoms with E-state index in [1.54, 1.807) is 6.92 Å². The van der Waals surface area contributed by atoms with Gasteiger partial charge in [0.1, 0.15) is 6.23 Å². The van der Waals surface area contributed by atoms with Crippen LogP contribution in [0.2, 0.25) is 0 Å². The minimum absolute atomic E-state index is 0.0983. The van der Waals surface area contributed by atoms with Gasteiger partial charge in [-0.3, -0.25) is 14.3 Å². The summed E-state index contributed by atoms with van der Waals surface area (Å²) in [4.78, 5) is 24.4. The molecule has 0 aliphatic carbocycles. The number of hydrogen-bond acceptors (Lipinski definition) is 4. The molecule has 6 heteroatoms. The first-order valence-corrected chi connectivity index (χ1v) is 5.16. The fourth-order valence-electron chi connectivity index (χ4n) is 1.33. The number of aromatic nitrogens is 2. The quantitative estimate of drug-likeness (QED) is 0.733. The number of ether oxygens (including phenoxy) is 1. The maximum atomic E-state index is 11.4. The highest BCUT2D eigenvalue weighted by atomic mass is 16.5. The van der Waals surface area contributed by atoms with Crippen LogP contribution < -0.4 is 11.2 Å². The molecule has 0 bridgehead atoms. The average Bonchev–Trinajstić information content (AvgIpc) is 2.25. The Morgan fingerprint density at radius 2 is 2.25 bits per heavy atom. The second-order valence-corrected chi connectivity index (χ2v) is 3.47. The lowest BCUT2D eigenvalue weighted by molar-refractivity contribution is -0.0682. The summed E-state index contributed by atoms with van der Waals surface area (Å²) < 4.78 is 6.71. The van der Waals surface area contributed by atoms with E-state index < -0.39 is 17.5 Å². The van der Waals surface area contributed by atoms with Crippen LogP contribution in [0.3, 0.4) is 0 Å². The van der Waals surface area contributed by atoms with Gasteiger partial charge in [-0.05, 0) is 13.3 Å². The Bertz CT molecular complexity index is 433. The van der Waals surface area contributed by atoms with Gasteiger partial charge in [-0.15, -0.1) is 0 Å². The lowest BCUT2D eigenvalue weighted by Crippen LogP contribution is -2.33. The van der Waals surface area contributed by atoms with Crippen LogP contribution >= 0.6 is 0 Å². The number of aliphatic hydroxyl groups is 1. The lowest BCUT2D eigenvalue weighted by atomic mass is 10.3. The van der Waals surface area contributed by atoms with E-state index >= 15 is 0 Å². The molecule has 2 N–H and O–H groups in total. The van der Waals surface area contributed by atoms with Crippen molar-refractivity contribution >= 4 is 0 Å². The summed E-state index contributed by atoms with van der Waals surface area (Å²) in [5, 5.41) is 8.97. The molecule has 1 heterocycles. The highest BCUT2D eigenvalue weighted by molar-refractivity contribution is 4.83. The largest absolute Gasteiger partial charge is 0.394 e. The highest BCUT2D eigenvalue weighted by Gasteiger charge is 2.12. The second kappa shape index (κ2) is 5.62. The summed E-state index contributed by atoms with van der Waals surface area (Å²) in [6.45, 7) is 3.46. The first kappa shape index (κ1) is 12.7. The number of H-pyrrole nitrogens is 1. The summed E-state index contributed by atoms with van der Waals surface area (Å²) in [5.74, 6) is 0. The zero-order valence-corrected chi connectivity index (χ0v) is 9.34. The number of nitrogens with zero attached hydrogens (tertiary/aromatic N) is 1. The predicted octanol–water partition coefficient (Wildman–Crippen LogP) is -0.157. The second-order valence-electron chi connectivity index (χ2n) is 3.47. The molecule has 1 unspecified atom stereocenters. The maximum Gasteiger partial charge on any atom is 0.330 e. The van der Waals surface area contributed by atoms with Crippen LogP contribution in [0.1, 0.15) is 26.5 Å². The smallest absolute Gasteiger partial charge is 0.330 e. The van der Waals surface area contributed by atoms with Crippen LogP contribution in [0.5, 0.6) is 0 Å². The molecular weight excluding hydrogens is 212 g/mol. The molecule has 0 aliphatic rings. The topological polar surface area (TPSA) is 84.3 Å². The third-order valence-electron chi connectivity index (χ3n) is 2.29. The molecular formula is C10H16N2O4. The van der Waals surface area contributed by atoms with Gasteiger partial charge in [0.05, 0.1) is 12.7 Å². The van der Waals surface area contributed by atoms with Crippen molar-refractivity contribution in [3.63, 3.8) is 0 Å². The minimum atomic E-state index is -0.526. The van der Waals surface area contributed by atoms with E-state index in [-0.39, 0.29) is 12.7 Å². The van der Waals surface area contributed by atoms with Crippen molar-refractivity contribution in [1.29, 1.82) is 0 Å². The molecule has 1 aromatic heterocycles. The van der Waals surface area contributed by atoms with Crippen LogP contribution in [0.4, 0.5) is 0 Å². The molecule has 0 fully saturated rings. The molecule has 0 saturated carbocycles. The van der Waals surface area contributed by atoms with E-state index in [0.717, 1.165) is 0 Å². The van der Waals surface area contributed by atoms with Crippen molar-refractivity contribution in [1.82, 2.24) is 9.55 Å². The van der Waals surface area contributed by atoms with Crippen molar-refractivity contribution < 1.29 is 9.84 Å². The number of aliphatic hydroxyl groups excluding tert-OH is 1. The minimum Gasteiger partial charge on any atom is -0.394 e. The fraction of sp³-hybridized carbons (Fsp3) is 0.600. The van der Waals surface area contributed by atoms with Crippen molar-refractivity contribution in [2.24, 2.45) is 0 Å². The van der Waals surface area contributed by atoms with Crippen molar-refractivity contribution in [3.05, 3.63) is 33.1 Å². The number of aromatic amines is 1. The van der Waals surface area contributed by atoms with E-state index in [1.807, 2.05) is 6.92 Å². The molecule has 1 aromatic rings. The molecule has 0 aliphatic heterocycles. The number of nitrogens with one attached hydrogen (secondary N) is 1. The van der Waals surface area contributed by atoms with Gasteiger partial charge >= 0.3 is 5.69 Å². The Balaban J connectivity index is 2.84. The molecule has 0 radical (unpaired) electrons. The van der Waals surface area contributed by atoms with Gasteiger partial charge in [-0.2, -0.15) is 0 Å². The van der Waals surface area contributed by atoms with Gasteiger partial charge in [-0.1, -0.05) is 6.92 Å². The molecule has 2 atom stereocenters. The molecule has 6 nitrogen and oxygen atoms in total. The van der Waals surface area contributed by atoms with E-state index in [2.05, 4.69) is 4.98 Å². The molecule has 90 valence electrons. The van der Waals surface area contributed by atoms with Crippen molar-refractivity contribution in [2.75, 3.05) is 6.61 Å². The Kier molecular flexibility index (Phi) is 4.45. The summed E-state index contributed by atoms with van der Waals surface area (Å²) in [6.07, 6.45) is 1.18. The summed E-state index contributed by atoms with van der Waals surface area (Å²) in [7, 11) is 0. The van der Waals surface area contributed by atoms with E-state index in [9.17, 15) is 9.59 Å². The first-order chi connectivity index (χ1) is 7.58. The Morgan fingerprint density at radius 1 is 1.56 bits per heavy atom. The summed E-state index contributed by atoms with van der Waals surface area (Å²) >= 11 is 0. The van der Waals surface area contributed by atoms with Gasteiger partial charge in [0.25, 0.3) is 5.56 Å².